The molecule has 2 amide bonds. The van der Waals surface area contributed by atoms with Gasteiger partial charge in [-0.3, -0.25) is 19.7 Å². The number of hydrogen-bond donors (Lipinski definition) is 1. The van der Waals surface area contributed by atoms with Crippen LogP contribution >= 0.6 is 22.6 Å². The van der Waals surface area contributed by atoms with Crippen LogP contribution in [-0.4, -0.2) is 60.4 Å². The molecule has 0 aliphatic carbocycles. The van der Waals surface area contributed by atoms with Gasteiger partial charge in [0.1, 0.15) is 0 Å². The Kier molecular flexibility index (Phi) is 7.83. The summed E-state index contributed by atoms with van der Waals surface area (Å²) in [7, 11) is -3.51. The molecule has 1 N–H and O–H groups in total. The van der Waals surface area contributed by atoms with Gasteiger partial charge in [0.2, 0.25) is 14.3 Å². The average molecular weight is 682 g/mol. The van der Waals surface area contributed by atoms with Crippen LogP contribution in [0.25, 0.3) is 0 Å². The molecule has 5 atom stereocenters. The van der Waals surface area contributed by atoms with Crippen molar-refractivity contribution < 1.29 is 28.5 Å². The molecule has 3 heterocycles. The van der Waals surface area contributed by atoms with E-state index in [1.54, 1.807) is 35.9 Å². The van der Waals surface area contributed by atoms with Crippen molar-refractivity contribution in [2.45, 2.75) is 69.1 Å². The van der Waals surface area contributed by atoms with Crippen molar-refractivity contribution in [2.75, 3.05) is 18.1 Å². The summed E-state index contributed by atoms with van der Waals surface area (Å²) in [5, 5.41) is 21.5. The van der Waals surface area contributed by atoms with Crippen LogP contribution in [0.5, 0.6) is 0 Å². The number of benzene rings is 2. The molecule has 1 spiro atoms. The van der Waals surface area contributed by atoms with Crippen LogP contribution in [-0.2, 0) is 26.5 Å². The number of non-ortho nitro benzene ring substituents is 1. The topological polar surface area (TPSA) is 113 Å². The molecule has 2 aromatic carbocycles. The lowest BCUT2D eigenvalue weighted by molar-refractivity contribution is -0.385. The molecular formula is C28H33FIN3O6Si. The summed E-state index contributed by atoms with van der Waals surface area (Å²) in [6.45, 7) is 5.46. The number of carbonyl (C=O) groups is 2. The molecule has 9 nitrogen and oxygen atoms in total. The average Bonchev–Trinajstić information content (AvgIpc) is 3.55. The highest BCUT2D eigenvalue weighted by Crippen LogP contribution is 2.60. The minimum atomic E-state index is -3.51. The molecule has 40 heavy (non-hydrogen) atoms. The lowest BCUT2D eigenvalue weighted by atomic mass is 9.82. The maximum absolute atomic E-state index is 16.1. The number of halogens is 2. The van der Waals surface area contributed by atoms with Gasteiger partial charge in [-0.05, 0) is 72.3 Å². The number of ether oxygens (including phenoxy) is 1. The maximum Gasteiger partial charge on any atom is 0.269 e. The summed E-state index contributed by atoms with van der Waals surface area (Å²) in [6.07, 6.45) is 0.466. The molecule has 0 unspecified atom stereocenters. The Labute approximate surface area is 247 Å². The van der Waals surface area contributed by atoms with Crippen molar-refractivity contribution in [3.05, 3.63) is 67.3 Å². The Hall–Kier alpha value is -2.42. The van der Waals surface area contributed by atoms with Gasteiger partial charge in [-0.15, -0.1) is 0 Å². The van der Waals surface area contributed by atoms with Gasteiger partial charge in [0, 0.05) is 39.3 Å². The van der Waals surface area contributed by atoms with Gasteiger partial charge in [-0.25, -0.2) is 0 Å². The van der Waals surface area contributed by atoms with Crippen LogP contribution in [0, 0.1) is 19.6 Å². The van der Waals surface area contributed by atoms with E-state index in [9.17, 15) is 24.8 Å². The normalized spacial score (nSPS) is 28.0. The van der Waals surface area contributed by atoms with E-state index in [0.29, 0.717) is 24.2 Å². The monoisotopic (exact) mass is 681 g/mol. The number of nitro groups is 1. The third-order valence-corrected chi connectivity index (χ3v) is 11.9. The van der Waals surface area contributed by atoms with Crippen LogP contribution in [0.4, 0.5) is 15.5 Å². The van der Waals surface area contributed by atoms with Gasteiger partial charge >= 0.3 is 0 Å². The zero-order valence-electron chi connectivity index (χ0n) is 22.7. The molecule has 2 aromatic rings. The Morgan fingerprint density at radius 2 is 1.98 bits per heavy atom. The van der Waals surface area contributed by atoms with Crippen LogP contribution in [0.1, 0.15) is 37.3 Å². The second kappa shape index (κ2) is 10.8. The second-order valence-electron chi connectivity index (χ2n) is 11.5. The number of likely N-dealkylation sites (tertiary alicyclic amines) is 1. The summed E-state index contributed by atoms with van der Waals surface area (Å²) >= 11 is 2.20. The van der Waals surface area contributed by atoms with E-state index >= 15 is 4.11 Å². The minimum absolute atomic E-state index is 0.123. The van der Waals surface area contributed by atoms with Gasteiger partial charge < -0.3 is 23.8 Å². The molecular weight excluding hydrogens is 648 g/mol. The van der Waals surface area contributed by atoms with Gasteiger partial charge in [0.05, 0.1) is 42.3 Å². The van der Waals surface area contributed by atoms with Crippen molar-refractivity contribution in [3.63, 3.8) is 0 Å². The number of anilines is 1. The van der Waals surface area contributed by atoms with Crippen LogP contribution in [0.3, 0.4) is 0 Å². The van der Waals surface area contributed by atoms with Crippen molar-refractivity contribution >= 4 is 54.2 Å². The molecule has 2 fully saturated rings. The number of hydrogen-bond acceptors (Lipinski definition) is 6. The van der Waals surface area contributed by atoms with E-state index in [2.05, 4.69) is 22.6 Å². The highest BCUT2D eigenvalue weighted by molar-refractivity contribution is 14.1. The van der Waals surface area contributed by atoms with Gasteiger partial charge in [0.25, 0.3) is 11.6 Å². The van der Waals surface area contributed by atoms with E-state index in [1.807, 2.05) is 24.3 Å². The Balaban J connectivity index is 1.57. The predicted octanol–water partition coefficient (Wildman–Crippen LogP) is 4.89. The number of amides is 2. The van der Waals surface area contributed by atoms with Gasteiger partial charge in [-0.1, -0.05) is 19.1 Å². The SMILES string of the molecule is C[C@@H]1[C@@H]([Si](C)(C)F)[C@H](CC(=O)N2CCC[C@H]2CO)O[C@@]12C(=O)N(Cc1ccc(I)cc1)c1ccc([N+](=O)[O-])cc12. The predicted molar refractivity (Wildman–Crippen MR) is 158 cm³/mol. The Morgan fingerprint density at radius 1 is 1.27 bits per heavy atom. The van der Waals surface area contributed by atoms with Crippen LogP contribution < -0.4 is 4.90 Å². The first-order valence-corrected chi connectivity index (χ1v) is 17.5. The maximum atomic E-state index is 16.1. The van der Waals surface area contributed by atoms with Crippen molar-refractivity contribution in [2.24, 2.45) is 5.92 Å². The quantitative estimate of drug-likeness (QED) is 0.146. The fourth-order valence-corrected chi connectivity index (χ4v) is 9.77. The first-order valence-electron chi connectivity index (χ1n) is 13.5. The number of aliphatic hydroxyl groups is 1. The summed E-state index contributed by atoms with van der Waals surface area (Å²) in [6, 6.07) is 11.7. The smallest absolute Gasteiger partial charge is 0.269 e. The molecule has 0 saturated carbocycles. The number of nitro benzene ring substituents is 1. The van der Waals surface area contributed by atoms with Crippen molar-refractivity contribution in [3.8, 4) is 0 Å². The summed E-state index contributed by atoms with van der Waals surface area (Å²) in [5.41, 5.74) is -0.845. The lowest BCUT2D eigenvalue weighted by Crippen LogP contribution is -2.45. The molecule has 3 aliphatic rings. The van der Waals surface area contributed by atoms with Crippen molar-refractivity contribution in [1.29, 1.82) is 0 Å². The Morgan fingerprint density at radius 3 is 2.60 bits per heavy atom. The van der Waals surface area contributed by atoms with E-state index in [-0.39, 0.29) is 37.2 Å². The molecule has 0 bridgehead atoms. The first kappa shape index (κ1) is 29.1. The van der Waals surface area contributed by atoms with Crippen LogP contribution in [0.2, 0.25) is 18.6 Å². The van der Waals surface area contributed by atoms with Gasteiger partial charge in [0.15, 0.2) is 5.60 Å². The van der Waals surface area contributed by atoms with Crippen molar-refractivity contribution in [1.82, 2.24) is 4.90 Å². The molecule has 12 heteroatoms. The third-order valence-electron chi connectivity index (χ3n) is 8.69. The fraction of sp³-hybridized carbons (Fsp3) is 0.500. The number of nitrogens with zero attached hydrogens (tertiary/aromatic N) is 3. The number of carbonyl (C=O) groups excluding carboxylic acids is 2. The number of aliphatic hydroxyl groups excluding tert-OH is 1. The summed E-state index contributed by atoms with van der Waals surface area (Å²) < 4.78 is 23.7. The zero-order chi connectivity index (χ0) is 29.0. The van der Waals surface area contributed by atoms with E-state index < -0.39 is 42.4 Å². The Bertz CT molecular complexity index is 1340. The molecule has 5 rings (SSSR count). The van der Waals surface area contributed by atoms with E-state index in [0.717, 1.165) is 15.6 Å². The van der Waals surface area contributed by atoms with Crippen LogP contribution in [0.15, 0.2) is 42.5 Å². The lowest BCUT2D eigenvalue weighted by Gasteiger charge is -2.31. The van der Waals surface area contributed by atoms with E-state index in [1.165, 1.54) is 12.1 Å². The molecule has 2 saturated heterocycles. The zero-order valence-corrected chi connectivity index (χ0v) is 25.8. The standard InChI is InChI=1S/C28H33FIN3O6Si/c1-17-26(40(2,3)29)24(14-25(35)31-12-4-5-21(31)16-34)39-28(17)22-13-20(33(37)38)10-11-23(22)32(27(28)36)15-18-6-8-19(30)9-7-18/h6-11,13,17,21,24,26,34H,4-5,12,14-16H2,1-3H3/t17-,21+,24+,26-,28+/m1/s1. The largest absolute Gasteiger partial charge is 0.394 e. The minimum Gasteiger partial charge on any atom is -0.394 e. The first-order chi connectivity index (χ1) is 18.9. The highest BCUT2D eigenvalue weighted by Gasteiger charge is 2.67. The summed E-state index contributed by atoms with van der Waals surface area (Å²) in [5.74, 6) is -1.31. The molecule has 0 aromatic heterocycles. The van der Waals surface area contributed by atoms with E-state index in [4.69, 9.17) is 4.74 Å². The molecule has 0 radical (unpaired) electrons. The fourth-order valence-electron chi connectivity index (χ4n) is 6.92. The number of fused-ring (bicyclic) bond motifs is 2. The van der Waals surface area contributed by atoms with Gasteiger partial charge in [-0.2, -0.15) is 0 Å². The molecule has 214 valence electrons. The third kappa shape index (κ3) is 4.86. The highest BCUT2D eigenvalue weighted by atomic mass is 127. The summed E-state index contributed by atoms with van der Waals surface area (Å²) in [4.78, 5) is 42.2. The molecule has 3 aliphatic heterocycles. The second-order valence-corrected chi connectivity index (χ2v) is 16.6. The number of rotatable bonds is 7.